The molecule has 1 N–H and O–H groups in total. The van der Waals surface area contributed by atoms with Crippen LogP contribution in [0.5, 0.6) is 11.5 Å². The first-order valence-corrected chi connectivity index (χ1v) is 10.6. The van der Waals surface area contributed by atoms with Gasteiger partial charge in [0.1, 0.15) is 0 Å². The van der Waals surface area contributed by atoms with Crippen LogP contribution < -0.4 is 14.8 Å². The van der Waals surface area contributed by atoms with Crippen molar-refractivity contribution >= 4 is 46.2 Å². The number of nitrogens with zero attached hydrogens (tertiary/aromatic N) is 1. The second-order valence-electron chi connectivity index (χ2n) is 6.48. The molecule has 1 aliphatic rings. The third-order valence-corrected chi connectivity index (χ3v) is 5.67. The zero-order valence-electron chi connectivity index (χ0n) is 16.6. The van der Waals surface area contributed by atoms with Crippen molar-refractivity contribution in [2.24, 2.45) is 4.99 Å². The number of rotatable bonds is 7. The van der Waals surface area contributed by atoms with Crippen molar-refractivity contribution in [3.05, 3.63) is 57.5 Å². The minimum atomic E-state index is -0.185. The van der Waals surface area contributed by atoms with Gasteiger partial charge in [-0.1, -0.05) is 37.1 Å². The van der Waals surface area contributed by atoms with Crippen molar-refractivity contribution < 1.29 is 14.3 Å². The van der Waals surface area contributed by atoms with Gasteiger partial charge in [-0.3, -0.25) is 4.79 Å². The largest absolute Gasteiger partial charge is 0.493 e. The van der Waals surface area contributed by atoms with Crippen LogP contribution >= 0.6 is 23.4 Å². The van der Waals surface area contributed by atoms with Gasteiger partial charge in [0.25, 0.3) is 5.91 Å². The van der Waals surface area contributed by atoms with E-state index in [0.717, 1.165) is 29.7 Å². The Morgan fingerprint density at radius 3 is 2.83 bits per heavy atom. The SMILES string of the molecule is CCCCOc1ccc(/C=C2\SC(=Nc3cccc(Cl)c3C)NC2=O)cc1OC. The van der Waals surface area contributed by atoms with Gasteiger partial charge in [0.05, 0.1) is 24.3 Å². The first kappa shape index (κ1) is 21.3. The summed E-state index contributed by atoms with van der Waals surface area (Å²) < 4.78 is 11.2. The average Bonchev–Trinajstić information content (AvgIpc) is 3.05. The molecule has 1 amide bonds. The normalized spacial score (nSPS) is 16.3. The van der Waals surface area contributed by atoms with Crippen LogP contribution in [0.1, 0.15) is 30.9 Å². The Balaban J connectivity index is 1.79. The van der Waals surface area contributed by atoms with Gasteiger partial charge in [-0.05, 0) is 66.6 Å². The summed E-state index contributed by atoms with van der Waals surface area (Å²) in [6, 6.07) is 11.1. The molecule has 1 fully saturated rings. The lowest BCUT2D eigenvalue weighted by atomic mass is 10.2. The van der Waals surface area contributed by atoms with Crippen LogP contribution in [0.25, 0.3) is 6.08 Å². The molecule has 0 spiro atoms. The molecule has 3 rings (SSSR count). The molecule has 0 bridgehead atoms. The highest BCUT2D eigenvalue weighted by Crippen LogP contribution is 2.33. The summed E-state index contributed by atoms with van der Waals surface area (Å²) in [7, 11) is 1.61. The van der Waals surface area contributed by atoms with Gasteiger partial charge in [0.15, 0.2) is 16.7 Å². The summed E-state index contributed by atoms with van der Waals surface area (Å²) in [6.45, 7) is 4.66. The molecule has 0 aromatic heterocycles. The van der Waals surface area contributed by atoms with E-state index in [4.69, 9.17) is 21.1 Å². The smallest absolute Gasteiger partial charge is 0.264 e. The van der Waals surface area contributed by atoms with Crippen molar-refractivity contribution in [3.8, 4) is 11.5 Å². The first-order valence-electron chi connectivity index (χ1n) is 9.37. The summed E-state index contributed by atoms with van der Waals surface area (Å²) in [5.41, 5.74) is 2.46. The number of methoxy groups -OCH3 is 1. The van der Waals surface area contributed by atoms with E-state index in [-0.39, 0.29) is 5.91 Å². The van der Waals surface area contributed by atoms with Crippen LogP contribution in [0, 0.1) is 6.92 Å². The maximum absolute atomic E-state index is 12.4. The maximum atomic E-state index is 12.4. The van der Waals surface area contributed by atoms with E-state index in [1.54, 1.807) is 7.11 Å². The predicted octanol–water partition coefficient (Wildman–Crippen LogP) is 5.73. The Labute approximate surface area is 180 Å². The topological polar surface area (TPSA) is 59.9 Å². The molecule has 1 heterocycles. The van der Waals surface area contributed by atoms with Crippen LogP contribution in [0.4, 0.5) is 5.69 Å². The van der Waals surface area contributed by atoms with E-state index in [9.17, 15) is 4.79 Å². The summed E-state index contributed by atoms with van der Waals surface area (Å²) in [5.74, 6) is 1.16. The molecule has 29 heavy (non-hydrogen) atoms. The highest BCUT2D eigenvalue weighted by Gasteiger charge is 2.24. The number of thioether (sulfide) groups is 1. The Kier molecular flexibility index (Phi) is 7.23. The standard InChI is InChI=1S/C22H23ClN2O3S/c1-4-5-11-28-18-10-9-15(12-19(18)27-3)13-20-21(26)25-22(29-20)24-17-8-6-7-16(23)14(17)2/h6-10,12-13H,4-5,11H2,1-3H3,(H,24,25,26)/b20-13-. The molecular weight excluding hydrogens is 408 g/mol. The molecule has 0 aliphatic carbocycles. The lowest BCUT2D eigenvalue weighted by Gasteiger charge is -2.11. The van der Waals surface area contributed by atoms with Crippen LogP contribution in [-0.2, 0) is 4.79 Å². The van der Waals surface area contributed by atoms with E-state index < -0.39 is 0 Å². The lowest BCUT2D eigenvalue weighted by molar-refractivity contribution is -0.115. The molecule has 0 unspecified atom stereocenters. The molecular formula is C22H23ClN2O3S. The molecule has 0 radical (unpaired) electrons. The van der Waals surface area contributed by atoms with Gasteiger partial charge in [-0.2, -0.15) is 0 Å². The van der Waals surface area contributed by atoms with Gasteiger partial charge < -0.3 is 14.8 Å². The Bertz CT molecular complexity index is 973. The minimum absolute atomic E-state index is 0.185. The summed E-state index contributed by atoms with van der Waals surface area (Å²) in [5, 5.41) is 3.97. The molecule has 2 aromatic rings. The van der Waals surface area contributed by atoms with Crippen LogP contribution in [0.2, 0.25) is 5.02 Å². The van der Waals surface area contributed by atoms with Gasteiger partial charge in [0.2, 0.25) is 0 Å². The van der Waals surface area contributed by atoms with Gasteiger partial charge in [-0.15, -0.1) is 0 Å². The number of halogens is 1. The van der Waals surface area contributed by atoms with E-state index in [1.165, 1.54) is 11.8 Å². The van der Waals surface area contributed by atoms with Crippen molar-refractivity contribution in [1.29, 1.82) is 0 Å². The number of ether oxygens (including phenoxy) is 2. The molecule has 2 aromatic carbocycles. The van der Waals surface area contributed by atoms with Crippen LogP contribution in [0.3, 0.4) is 0 Å². The molecule has 0 saturated carbocycles. The highest BCUT2D eigenvalue weighted by molar-refractivity contribution is 8.18. The lowest BCUT2D eigenvalue weighted by Crippen LogP contribution is -2.19. The van der Waals surface area contributed by atoms with Crippen molar-refractivity contribution in [2.75, 3.05) is 13.7 Å². The monoisotopic (exact) mass is 430 g/mol. The summed E-state index contributed by atoms with van der Waals surface area (Å²) in [4.78, 5) is 17.5. The fraction of sp³-hybridized carbons (Fsp3) is 0.273. The Morgan fingerprint density at radius 1 is 1.24 bits per heavy atom. The second kappa shape index (κ2) is 9.85. The quantitative estimate of drug-likeness (QED) is 0.450. The van der Waals surface area contributed by atoms with Crippen molar-refractivity contribution in [2.45, 2.75) is 26.7 Å². The van der Waals surface area contributed by atoms with Crippen LogP contribution in [-0.4, -0.2) is 24.8 Å². The Hall–Kier alpha value is -2.44. The number of amidine groups is 1. The fourth-order valence-corrected chi connectivity index (χ4v) is 3.68. The molecule has 0 atom stereocenters. The molecule has 5 nitrogen and oxygen atoms in total. The molecule has 7 heteroatoms. The highest BCUT2D eigenvalue weighted by atomic mass is 35.5. The van der Waals surface area contributed by atoms with Gasteiger partial charge in [-0.25, -0.2) is 4.99 Å². The zero-order chi connectivity index (χ0) is 20.8. The molecule has 1 saturated heterocycles. The number of benzene rings is 2. The number of hydrogen-bond acceptors (Lipinski definition) is 5. The number of unbranched alkanes of at least 4 members (excludes halogenated alkanes) is 1. The van der Waals surface area contributed by atoms with E-state index >= 15 is 0 Å². The minimum Gasteiger partial charge on any atom is -0.493 e. The average molecular weight is 431 g/mol. The number of aliphatic imine (C=N–C) groups is 1. The number of amides is 1. The van der Waals surface area contributed by atoms with Crippen molar-refractivity contribution in [1.82, 2.24) is 5.32 Å². The van der Waals surface area contributed by atoms with Crippen LogP contribution in [0.15, 0.2) is 46.3 Å². The molecule has 152 valence electrons. The maximum Gasteiger partial charge on any atom is 0.264 e. The number of carbonyl (C=O) groups is 1. The van der Waals surface area contributed by atoms with E-state index in [2.05, 4.69) is 17.2 Å². The molecule has 1 aliphatic heterocycles. The zero-order valence-corrected chi connectivity index (χ0v) is 18.2. The fourth-order valence-electron chi connectivity index (χ4n) is 2.68. The number of nitrogens with one attached hydrogen (secondary N) is 1. The predicted molar refractivity (Wildman–Crippen MR) is 120 cm³/mol. The number of carbonyl (C=O) groups excluding carboxylic acids is 1. The summed E-state index contributed by atoms with van der Waals surface area (Å²) >= 11 is 7.44. The third kappa shape index (κ3) is 5.34. The first-order chi connectivity index (χ1) is 14.0. The van der Waals surface area contributed by atoms with E-state index in [0.29, 0.717) is 33.2 Å². The van der Waals surface area contributed by atoms with Crippen molar-refractivity contribution in [3.63, 3.8) is 0 Å². The van der Waals surface area contributed by atoms with Gasteiger partial charge in [0, 0.05) is 5.02 Å². The Morgan fingerprint density at radius 2 is 2.07 bits per heavy atom. The van der Waals surface area contributed by atoms with Gasteiger partial charge >= 0.3 is 0 Å². The van der Waals surface area contributed by atoms with E-state index in [1.807, 2.05) is 49.4 Å². The third-order valence-electron chi connectivity index (χ3n) is 4.35. The second-order valence-corrected chi connectivity index (χ2v) is 7.92. The number of hydrogen-bond donors (Lipinski definition) is 1. The summed E-state index contributed by atoms with van der Waals surface area (Å²) in [6.07, 6.45) is 3.86.